The van der Waals surface area contributed by atoms with E-state index in [-0.39, 0.29) is 41.8 Å². The van der Waals surface area contributed by atoms with Gasteiger partial charge in [0.05, 0.1) is 26.4 Å². The van der Waals surface area contributed by atoms with Crippen LogP contribution in [0.15, 0.2) is 72.8 Å². The predicted molar refractivity (Wildman–Crippen MR) is 135 cm³/mol. The number of hydrazine groups is 1. The topological polar surface area (TPSA) is 83.7 Å². The number of hydrogen-bond acceptors (Lipinski definition) is 6. The minimum absolute atomic E-state index is 0.00144. The van der Waals surface area contributed by atoms with Gasteiger partial charge in [0, 0.05) is 24.4 Å². The molecule has 188 valence electrons. The molecule has 4 N–H and O–H groups in total. The number of fused-ring (bicyclic) bond motifs is 1. The number of piperidine rings is 1. The summed E-state index contributed by atoms with van der Waals surface area (Å²) in [5, 5.41) is 6.81. The molecule has 2 fully saturated rings. The summed E-state index contributed by atoms with van der Waals surface area (Å²) in [5.41, 5.74) is 9.68. The van der Waals surface area contributed by atoms with E-state index in [1.54, 1.807) is 26.4 Å². The molecule has 5 unspecified atom stereocenters. The van der Waals surface area contributed by atoms with Crippen LogP contribution in [0.4, 0.5) is 4.39 Å². The van der Waals surface area contributed by atoms with E-state index in [0.717, 1.165) is 16.7 Å². The Labute approximate surface area is 210 Å². The van der Waals surface area contributed by atoms with Crippen molar-refractivity contribution in [2.24, 2.45) is 11.8 Å². The second kappa shape index (κ2) is 10.7. The van der Waals surface area contributed by atoms with Crippen molar-refractivity contribution >= 4 is 5.91 Å². The summed E-state index contributed by atoms with van der Waals surface area (Å²) in [6, 6.07) is 21.9. The Hall–Kier alpha value is -3.46. The summed E-state index contributed by atoms with van der Waals surface area (Å²) in [7, 11) is 3.22. The molecule has 5 rings (SSSR count). The molecule has 7 nitrogen and oxygen atoms in total. The standard InChI is InChI=1S/C28H31FN4O3/c1-35-23-13-10-19(14-24(23)36-2)22-15-21(28(34)30-16-17-6-4-3-5-7-17)25-26(32-33-27(25)31-22)18-8-11-20(29)12-9-18/h3-14,21-22,25-27,31-33H,15-16H2,1-2H3,(H,30,34). The molecule has 36 heavy (non-hydrogen) atoms. The van der Waals surface area contributed by atoms with Crippen LogP contribution in [0.5, 0.6) is 11.5 Å². The molecule has 2 saturated heterocycles. The largest absolute Gasteiger partial charge is 0.493 e. The Morgan fingerprint density at radius 2 is 1.67 bits per heavy atom. The third-order valence-electron chi connectivity index (χ3n) is 7.18. The molecule has 3 aromatic carbocycles. The SMILES string of the molecule is COc1ccc(C2CC(C(=O)NCc3ccccc3)C3C(NNC3c3ccc(F)cc3)N2)cc1OC. The first kappa shape index (κ1) is 24.2. The maximum absolute atomic E-state index is 13.6. The zero-order valence-corrected chi connectivity index (χ0v) is 20.3. The maximum atomic E-state index is 13.6. The Kier molecular flexibility index (Phi) is 7.18. The Morgan fingerprint density at radius 1 is 0.944 bits per heavy atom. The molecule has 0 saturated carbocycles. The first-order valence-corrected chi connectivity index (χ1v) is 12.1. The van der Waals surface area contributed by atoms with Crippen LogP contribution in [0, 0.1) is 17.7 Å². The van der Waals surface area contributed by atoms with Crippen molar-refractivity contribution in [2.75, 3.05) is 14.2 Å². The average Bonchev–Trinajstić information content (AvgIpc) is 3.36. The zero-order chi connectivity index (χ0) is 25.1. The van der Waals surface area contributed by atoms with Gasteiger partial charge in [-0.05, 0) is 47.4 Å². The zero-order valence-electron chi connectivity index (χ0n) is 20.3. The first-order valence-electron chi connectivity index (χ1n) is 12.1. The van der Waals surface area contributed by atoms with E-state index < -0.39 is 0 Å². The van der Waals surface area contributed by atoms with Crippen molar-refractivity contribution in [1.29, 1.82) is 0 Å². The van der Waals surface area contributed by atoms with E-state index in [1.165, 1.54) is 12.1 Å². The molecule has 3 aromatic rings. The molecule has 0 aromatic heterocycles. The highest BCUT2D eigenvalue weighted by Gasteiger charge is 2.49. The van der Waals surface area contributed by atoms with E-state index in [0.29, 0.717) is 24.5 Å². The van der Waals surface area contributed by atoms with Crippen molar-refractivity contribution in [3.8, 4) is 11.5 Å². The van der Waals surface area contributed by atoms with Crippen molar-refractivity contribution < 1.29 is 18.7 Å². The molecule has 5 atom stereocenters. The highest BCUT2D eigenvalue weighted by molar-refractivity contribution is 5.79. The van der Waals surface area contributed by atoms with Gasteiger partial charge in [0.15, 0.2) is 11.5 Å². The van der Waals surface area contributed by atoms with Crippen molar-refractivity contribution in [1.82, 2.24) is 21.5 Å². The molecule has 2 heterocycles. The predicted octanol–water partition coefficient (Wildman–Crippen LogP) is 3.60. The summed E-state index contributed by atoms with van der Waals surface area (Å²) < 4.78 is 24.5. The van der Waals surface area contributed by atoms with E-state index in [9.17, 15) is 9.18 Å². The fourth-order valence-corrected chi connectivity index (χ4v) is 5.35. The number of benzene rings is 3. The number of methoxy groups -OCH3 is 2. The summed E-state index contributed by atoms with van der Waals surface area (Å²) >= 11 is 0. The summed E-state index contributed by atoms with van der Waals surface area (Å²) in [4.78, 5) is 13.6. The van der Waals surface area contributed by atoms with Gasteiger partial charge in [-0.15, -0.1) is 0 Å². The van der Waals surface area contributed by atoms with E-state index >= 15 is 0 Å². The van der Waals surface area contributed by atoms with Crippen LogP contribution in [-0.2, 0) is 11.3 Å². The molecular formula is C28H31FN4O3. The smallest absolute Gasteiger partial charge is 0.223 e. The van der Waals surface area contributed by atoms with E-state index in [4.69, 9.17) is 9.47 Å². The van der Waals surface area contributed by atoms with Crippen molar-refractivity contribution in [2.45, 2.75) is 31.2 Å². The number of carbonyl (C=O) groups excluding carboxylic acids is 1. The van der Waals surface area contributed by atoms with Crippen LogP contribution >= 0.6 is 0 Å². The third kappa shape index (κ3) is 4.93. The van der Waals surface area contributed by atoms with E-state index in [1.807, 2.05) is 48.5 Å². The molecule has 0 radical (unpaired) electrons. The molecule has 0 aliphatic carbocycles. The Balaban J connectivity index is 1.43. The van der Waals surface area contributed by atoms with Crippen LogP contribution in [0.1, 0.15) is 35.2 Å². The molecule has 0 spiro atoms. The number of amides is 1. The number of rotatable bonds is 7. The molecule has 1 amide bonds. The fourth-order valence-electron chi connectivity index (χ4n) is 5.35. The Morgan fingerprint density at radius 3 is 2.39 bits per heavy atom. The summed E-state index contributed by atoms with van der Waals surface area (Å²) in [6.45, 7) is 0.462. The molecule has 2 aliphatic rings. The lowest BCUT2D eigenvalue weighted by Crippen LogP contribution is -2.54. The number of ether oxygens (including phenoxy) is 2. The minimum Gasteiger partial charge on any atom is -0.493 e. The van der Waals surface area contributed by atoms with Crippen LogP contribution < -0.4 is 31.0 Å². The highest BCUT2D eigenvalue weighted by Crippen LogP contribution is 2.43. The fraction of sp³-hybridized carbons (Fsp3) is 0.321. The lowest BCUT2D eigenvalue weighted by molar-refractivity contribution is -0.129. The molecular weight excluding hydrogens is 459 g/mol. The second-order valence-corrected chi connectivity index (χ2v) is 9.25. The van der Waals surface area contributed by atoms with Gasteiger partial charge in [0.25, 0.3) is 0 Å². The lowest BCUT2D eigenvalue weighted by atomic mass is 9.74. The van der Waals surface area contributed by atoms with Gasteiger partial charge >= 0.3 is 0 Å². The number of halogens is 1. The van der Waals surface area contributed by atoms with Gasteiger partial charge in [0.2, 0.25) is 5.91 Å². The lowest BCUT2D eigenvalue weighted by Gasteiger charge is -2.40. The van der Waals surface area contributed by atoms with Gasteiger partial charge in [-0.1, -0.05) is 48.5 Å². The minimum atomic E-state index is -0.296. The third-order valence-corrected chi connectivity index (χ3v) is 7.18. The average molecular weight is 491 g/mol. The monoisotopic (exact) mass is 490 g/mol. The van der Waals surface area contributed by atoms with Gasteiger partial charge in [-0.2, -0.15) is 0 Å². The maximum Gasteiger partial charge on any atom is 0.223 e. The molecule has 8 heteroatoms. The summed E-state index contributed by atoms with van der Waals surface area (Å²) in [6.07, 6.45) is 0.428. The number of carbonyl (C=O) groups is 1. The number of hydrogen-bond donors (Lipinski definition) is 4. The second-order valence-electron chi connectivity index (χ2n) is 9.25. The van der Waals surface area contributed by atoms with Crippen LogP contribution in [0.2, 0.25) is 0 Å². The summed E-state index contributed by atoms with van der Waals surface area (Å²) in [5.74, 6) is 0.639. The quantitative estimate of drug-likeness (QED) is 0.405. The van der Waals surface area contributed by atoms with Crippen LogP contribution in [0.25, 0.3) is 0 Å². The van der Waals surface area contributed by atoms with Crippen LogP contribution in [0.3, 0.4) is 0 Å². The van der Waals surface area contributed by atoms with Gasteiger partial charge in [-0.3, -0.25) is 10.1 Å². The van der Waals surface area contributed by atoms with Gasteiger partial charge < -0.3 is 14.8 Å². The normalized spacial score (nSPS) is 25.1. The van der Waals surface area contributed by atoms with Gasteiger partial charge in [-0.25, -0.2) is 15.2 Å². The van der Waals surface area contributed by atoms with Crippen molar-refractivity contribution in [3.63, 3.8) is 0 Å². The van der Waals surface area contributed by atoms with Crippen molar-refractivity contribution in [3.05, 3.63) is 95.3 Å². The Bertz CT molecular complexity index is 1190. The van der Waals surface area contributed by atoms with Crippen LogP contribution in [-0.4, -0.2) is 26.3 Å². The highest BCUT2D eigenvalue weighted by atomic mass is 19.1. The molecule has 2 aliphatic heterocycles. The van der Waals surface area contributed by atoms with Gasteiger partial charge in [0.1, 0.15) is 5.82 Å². The molecule has 0 bridgehead atoms. The first-order chi connectivity index (χ1) is 17.6. The van der Waals surface area contributed by atoms with E-state index in [2.05, 4.69) is 21.5 Å². The number of nitrogens with one attached hydrogen (secondary N) is 4.